The van der Waals surface area contributed by atoms with Gasteiger partial charge in [0.15, 0.2) is 0 Å². The van der Waals surface area contributed by atoms with Crippen LogP contribution >= 0.6 is 11.6 Å². The summed E-state index contributed by atoms with van der Waals surface area (Å²) in [7, 11) is 1.64. The number of amides is 2. The topological polar surface area (TPSA) is 62.2 Å². The van der Waals surface area contributed by atoms with Crippen molar-refractivity contribution in [1.82, 2.24) is 4.90 Å². The molecule has 0 aromatic heterocycles. The Hall–Kier alpha value is -2.86. The SMILES string of the molecule is CCN(CC)C(=O)OC1N=C(c2ccccc2)c2cc(Cl)ccc2N(C)C1=O. The number of ether oxygens (including phenoxy) is 1. The van der Waals surface area contributed by atoms with Gasteiger partial charge in [0.05, 0.1) is 11.4 Å². The lowest BCUT2D eigenvalue weighted by Gasteiger charge is -2.23. The van der Waals surface area contributed by atoms with Gasteiger partial charge in [-0.3, -0.25) is 4.79 Å². The van der Waals surface area contributed by atoms with E-state index in [1.165, 1.54) is 9.80 Å². The molecule has 146 valence electrons. The molecule has 1 atom stereocenters. The van der Waals surface area contributed by atoms with Crippen molar-refractivity contribution in [1.29, 1.82) is 0 Å². The van der Waals surface area contributed by atoms with E-state index in [-0.39, 0.29) is 0 Å². The molecule has 1 heterocycles. The van der Waals surface area contributed by atoms with Crippen LogP contribution in [0.4, 0.5) is 10.5 Å². The van der Waals surface area contributed by atoms with Crippen molar-refractivity contribution in [3.8, 4) is 0 Å². The molecule has 7 heteroatoms. The Labute approximate surface area is 169 Å². The summed E-state index contributed by atoms with van der Waals surface area (Å²) in [5, 5.41) is 0.529. The van der Waals surface area contributed by atoms with Crippen LogP contribution in [0.25, 0.3) is 0 Å². The molecule has 1 aliphatic rings. The average molecular weight is 400 g/mol. The van der Waals surface area contributed by atoms with Gasteiger partial charge in [-0.15, -0.1) is 0 Å². The number of benzene rings is 2. The van der Waals surface area contributed by atoms with Crippen molar-refractivity contribution < 1.29 is 14.3 Å². The quantitative estimate of drug-likeness (QED) is 0.781. The Morgan fingerprint density at radius 1 is 1.18 bits per heavy atom. The van der Waals surface area contributed by atoms with Crippen molar-refractivity contribution in [2.45, 2.75) is 20.1 Å². The van der Waals surface area contributed by atoms with E-state index in [4.69, 9.17) is 16.3 Å². The fourth-order valence-corrected chi connectivity index (χ4v) is 3.24. The van der Waals surface area contributed by atoms with Gasteiger partial charge in [-0.1, -0.05) is 41.9 Å². The van der Waals surface area contributed by atoms with Gasteiger partial charge in [-0.2, -0.15) is 0 Å². The predicted octanol–water partition coefficient (Wildman–Crippen LogP) is 3.96. The van der Waals surface area contributed by atoms with E-state index in [9.17, 15) is 9.59 Å². The molecule has 0 radical (unpaired) electrons. The molecule has 28 heavy (non-hydrogen) atoms. The lowest BCUT2D eigenvalue weighted by molar-refractivity contribution is -0.126. The number of aliphatic imine (C=N–C) groups is 1. The van der Waals surface area contributed by atoms with Crippen LogP contribution in [0, 0.1) is 0 Å². The summed E-state index contributed by atoms with van der Waals surface area (Å²) in [4.78, 5) is 32.9. The highest BCUT2D eigenvalue weighted by Crippen LogP contribution is 2.30. The molecule has 1 unspecified atom stereocenters. The molecule has 0 bridgehead atoms. The number of halogens is 1. The van der Waals surface area contributed by atoms with Crippen LogP contribution in [0.2, 0.25) is 5.02 Å². The number of benzodiazepines with no additional fused rings is 1. The predicted molar refractivity (Wildman–Crippen MR) is 110 cm³/mol. The molecule has 2 aromatic rings. The number of likely N-dealkylation sites (N-methyl/N-ethyl adjacent to an activating group) is 1. The second-order valence-electron chi connectivity index (χ2n) is 6.31. The Morgan fingerprint density at radius 2 is 1.86 bits per heavy atom. The maximum atomic E-state index is 13.0. The Kier molecular flexibility index (Phi) is 5.99. The van der Waals surface area contributed by atoms with Crippen LogP contribution in [0.15, 0.2) is 53.5 Å². The minimum absolute atomic E-state index is 0.421. The summed E-state index contributed by atoms with van der Waals surface area (Å²) in [6.45, 7) is 4.67. The van der Waals surface area contributed by atoms with Gasteiger partial charge in [-0.05, 0) is 32.0 Å². The molecule has 0 saturated carbocycles. The number of fused-ring (bicyclic) bond motifs is 1. The molecule has 3 rings (SSSR count). The molecular formula is C21H22ClN3O3. The average Bonchev–Trinajstić information content (AvgIpc) is 2.80. The van der Waals surface area contributed by atoms with E-state index < -0.39 is 18.2 Å². The highest BCUT2D eigenvalue weighted by atomic mass is 35.5. The minimum atomic E-state index is -1.28. The highest BCUT2D eigenvalue weighted by Gasteiger charge is 2.33. The number of hydrogen-bond donors (Lipinski definition) is 0. The number of rotatable bonds is 4. The fourth-order valence-electron chi connectivity index (χ4n) is 3.07. The Bertz CT molecular complexity index is 910. The standard InChI is InChI=1S/C21H22ClN3O3/c1-4-25(5-2)21(27)28-19-20(26)24(3)17-12-11-15(22)13-16(17)18(23-19)14-9-7-6-8-10-14/h6-13,19H,4-5H2,1-3H3. The molecule has 0 N–H and O–H groups in total. The zero-order valence-corrected chi connectivity index (χ0v) is 16.8. The molecular weight excluding hydrogens is 378 g/mol. The van der Waals surface area contributed by atoms with Crippen molar-refractivity contribution in [2.75, 3.05) is 25.0 Å². The van der Waals surface area contributed by atoms with E-state index in [0.29, 0.717) is 35.1 Å². The van der Waals surface area contributed by atoms with Crippen LogP contribution in [0.5, 0.6) is 0 Å². The molecule has 0 saturated heterocycles. The number of anilines is 1. The first kappa shape index (κ1) is 19.9. The fraction of sp³-hybridized carbons (Fsp3) is 0.286. The van der Waals surface area contributed by atoms with Crippen LogP contribution < -0.4 is 4.90 Å². The summed E-state index contributed by atoms with van der Waals surface area (Å²) < 4.78 is 5.49. The van der Waals surface area contributed by atoms with E-state index >= 15 is 0 Å². The third-order valence-electron chi connectivity index (χ3n) is 4.64. The van der Waals surface area contributed by atoms with Gasteiger partial charge in [0, 0.05) is 36.3 Å². The van der Waals surface area contributed by atoms with Crippen molar-refractivity contribution in [3.05, 3.63) is 64.7 Å². The summed E-state index contributed by atoms with van der Waals surface area (Å²) >= 11 is 6.22. The molecule has 6 nitrogen and oxygen atoms in total. The maximum absolute atomic E-state index is 13.0. The monoisotopic (exact) mass is 399 g/mol. The van der Waals surface area contributed by atoms with Gasteiger partial charge in [0.25, 0.3) is 12.1 Å². The summed E-state index contributed by atoms with van der Waals surface area (Å²) in [6.07, 6.45) is -1.85. The number of carbonyl (C=O) groups excluding carboxylic acids is 2. The van der Waals surface area contributed by atoms with Crippen molar-refractivity contribution in [2.24, 2.45) is 4.99 Å². The third kappa shape index (κ3) is 3.87. The zero-order valence-electron chi connectivity index (χ0n) is 16.1. The molecule has 0 aliphatic carbocycles. The summed E-state index contributed by atoms with van der Waals surface area (Å²) in [6, 6.07) is 14.7. The van der Waals surface area contributed by atoms with Crippen LogP contribution in [-0.2, 0) is 9.53 Å². The molecule has 2 amide bonds. The second kappa shape index (κ2) is 8.44. The highest BCUT2D eigenvalue weighted by molar-refractivity contribution is 6.32. The second-order valence-corrected chi connectivity index (χ2v) is 6.75. The lowest BCUT2D eigenvalue weighted by Crippen LogP contribution is -2.41. The van der Waals surface area contributed by atoms with Crippen LogP contribution in [0.1, 0.15) is 25.0 Å². The van der Waals surface area contributed by atoms with Crippen LogP contribution in [-0.4, -0.2) is 49.0 Å². The zero-order chi connectivity index (χ0) is 20.3. The normalized spacial score (nSPS) is 16.1. The first-order chi connectivity index (χ1) is 13.5. The smallest absolute Gasteiger partial charge is 0.412 e. The molecule has 0 fully saturated rings. The van der Waals surface area contributed by atoms with Gasteiger partial charge in [0.1, 0.15) is 0 Å². The summed E-state index contributed by atoms with van der Waals surface area (Å²) in [5.74, 6) is -0.421. The minimum Gasteiger partial charge on any atom is -0.414 e. The third-order valence-corrected chi connectivity index (χ3v) is 4.88. The number of carbonyl (C=O) groups is 2. The molecule has 2 aromatic carbocycles. The largest absolute Gasteiger partial charge is 0.414 e. The lowest BCUT2D eigenvalue weighted by atomic mass is 10.0. The Balaban J connectivity index is 2.11. The van der Waals surface area contributed by atoms with E-state index in [0.717, 1.165) is 5.56 Å². The molecule has 1 aliphatic heterocycles. The van der Waals surface area contributed by atoms with Gasteiger partial charge >= 0.3 is 6.09 Å². The van der Waals surface area contributed by atoms with E-state index in [1.807, 2.05) is 44.2 Å². The van der Waals surface area contributed by atoms with Crippen LogP contribution in [0.3, 0.4) is 0 Å². The Morgan fingerprint density at radius 3 is 2.50 bits per heavy atom. The van der Waals surface area contributed by atoms with Gasteiger partial charge in [-0.25, -0.2) is 9.79 Å². The maximum Gasteiger partial charge on any atom is 0.412 e. The van der Waals surface area contributed by atoms with Gasteiger partial charge < -0.3 is 14.5 Å². The number of hydrogen-bond acceptors (Lipinski definition) is 4. The van der Waals surface area contributed by atoms with E-state index in [2.05, 4.69) is 4.99 Å². The van der Waals surface area contributed by atoms with E-state index in [1.54, 1.807) is 25.2 Å². The summed E-state index contributed by atoms with van der Waals surface area (Å²) in [5.41, 5.74) is 2.71. The van der Waals surface area contributed by atoms with Crippen molar-refractivity contribution >= 4 is 35.0 Å². The first-order valence-corrected chi connectivity index (χ1v) is 9.50. The van der Waals surface area contributed by atoms with Crippen molar-refractivity contribution in [3.63, 3.8) is 0 Å². The number of nitrogens with zero attached hydrogens (tertiary/aromatic N) is 3. The first-order valence-electron chi connectivity index (χ1n) is 9.12. The molecule has 0 spiro atoms. The van der Waals surface area contributed by atoms with Gasteiger partial charge in [0.2, 0.25) is 0 Å².